The van der Waals surface area contributed by atoms with Gasteiger partial charge in [0.15, 0.2) is 17.2 Å². The number of hydrogen-bond acceptors (Lipinski definition) is 11. The first-order valence-electron chi connectivity index (χ1n) is 15.7. The van der Waals surface area contributed by atoms with E-state index < -0.39 is 40.3 Å². The van der Waals surface area contributed by atoms with Crippen molar-refractivity contribution in [2.75, 3.05) is 26.6 Å². The smallest absolute Gasteiger partial charge is 0.332 e. The lowest BCUT2D eigenvalue weighted by atomic mass is 9.66. The number of rotatable bonds is 7. The van der Waals surface area contributed by atoms with Gasteiger partial charge in [0.1, 0.15) is 40.3 Å². The van der Waals surface area contributed by atoms with Gasteiger partial charge in [0.2, 0.25) is 17.2 Å². The molecule has 2 aromatic carbocycles. The number of imidazole rings is 1. The van der Waals surface area contributed by atoms with E-state index in [0.29, 0.717) is 28.6 Å². The van der Waals surface area contributed by atoms with E-state index in [1.54, 1.807) is 44.6 Å². The second kappa shape index (κ2) is 11.8. The molecule has 1 N–H and O–H groups in total. The lowest BCUT2D eigenvalue weighted by molar-refractivity contribution is -0.130. The van der Waals surface area contributed by atoms with Crippen LogP contribution in [0.4, 0.5) is 5.82 Å². The molecule has 0 radical (unpaired) electrons. The number of fused-ring (bicyclic) bond motifs is 2. The Kier molecular flexibility index (Phi) is 7.81. The lowest BCUT2D eigenvalue weighted by Gasteiger charge is -2.42. The highest BCUT2D eigenvalue weighted by Crippen LogP contribution is 2.56. The van der Waals surface area contributed by atoms with E-state index in [4.69, 9.17) is 35.3 Å². The quantitative estimate of drug-likeness (QED) is 0.281. The highest BCUT2D eigenvalue weighted by molar-refractivity contribution is 6.36. The minimum absolute atomic E-state index is 0.0201. The van der Waals surface area contributed by atoms with Crippen LogP contribution < -0.4 is 40.3 Å². The Labute approximate surface area is 290 Å². The zero-order valence-electron chi connectivity index (χ0n) is 28.4. The highest BCUT2D eigenvalue weighted by atomic mass is 35.5. The molecule has 0 amide bonds. The molecule has 0 bridgehead atoms. The summed E-state index contributed by atoms with van der Waals surface area (Å²) in [6.45, 7) is 1.89. The van der Waals surface area contributed by atoms with Gasteiger partial charge in [-0.15, -0.1) is 0 Å². The van der Waals surface area contributed by atoms with Crippen LogP contribution in [0.25, 0.3) is 0 Å². The van der Waals surface area contributed by atoms with Gasteiger partial charge in [-0.2, -0.15) is 0 Å². The van der Waals surface area contributed by atoms with Crippen LogP contribution in [0, 0.1) is 5.92 Å². The predicted octanol–water partition coefficient (Wildman–Crippen LogP) is 3.51. The zero-order valence-corrected chi connectivity index (χ0v) is 29.1. The molecule has 0 unspecified atom stereocenters. The number of methoxy groups -OCH3 is 3. The van der Waals surface area contributed by atoms with Gasteiger partial charge in [-0.25, -0.2) is 9.78 Å². The molecule has 15 heteroatoms. The molecular formula is C35H34ClN5O9. The van der Waals surface area contributed by atoms with Crippen LogP contribution in [0.3, 0.4) is 0 Å². The Bertz CT molecular complexity index is 2290. The number of benzene rings is 2. The number of carbonyl (C=O) groups excluding carboxylic acids is 2. The molecule has 0 fully saturated rings. The number of carbonyl (C=O) groups is 2. The molecule has 14 nitrogen and oxygen atoms in total. The molecule has 7 rings (SSSR count). The fourth-order valence-corrected chi connectivity index (χ4v) is 7.45. The summed E-state index contributed by atoms with van der Waals surface area (Å²) in [5, 5.41) is 3.24. The predicted molar refractivity (Wildman–Crippen MR) is 181 cm³/mol. The molecule has 3 aliphatic rings. The number of nitrogens with zero attached hydrogens (tertiary/aromatic N) is 4. The van der Waals surface area contributed by atoms with Gasteiger partial charge in [0.05, 0.1) is 26.9 Å². The van der Waals surface area contributed by atoms with Crippen molar-refractivity contribution >= 4 is 29.0 Å². The first kappa shape index (κ1) is 33.0. The number of anilines is 1. The van der Waals surface area contributed by atoms with Gasteiger partial charge in [0.25, 0.3) is 5.56 Å². The Morgan fingerprint density at radius 1 is 0.960 bits per heavy atom. The van der Waals surface area contributed by atoms with Crippen molar-refractivity contribution in [3.63, 3.8) is 0 Å². The minimum Gasteiger partial charge on any atom is -0.496 e. The number of halogens is 1. The highest BCUT2D eigenvalue weighted by Gasteiger charge is 2.63. The first-order valence-corrected chi connectivity index (χ1v) is 16.1. The van der Waals surface area contributed by atoms with E-state index in [2.05, 4.69) is 10.3 Å². The summed E-state index contributed by atoms with van der Waals surface area (Å²) >= 11 is 6.66. The van der Waals surface area contributed by atoms with Crippen molar-refractivity contribution in [1.29, 1.82) is 0 Å². The molecule has 1 aliphatic carbocycles. The summed E-state index contributed by atoms with van der Waals surface area (Å²) in [5.74, 6) is -1.06. The van der Waals surface area contributed by atoms with E-state index in [1.165, 1.54) is 39.0 Å². The number of nitrogens with one attached hydrogen (secondary N) is 1. The number of aryl methyl sites for hydroxylation is 1. The molecule has 260 valence electrons. The summed E-state index contributed by atoms with van der Waals surface area (Å²) in [6.07, 6.45) is 3.62. The third-order valence-corrected chi connectivity index (χ3v) is 10.2. The summed E-state index contributed by atoms with van der Waals surface area (Å²) in [6, 6.07) is 6.55. The Morgan fingerprint density at radius 3 is 2.34 bits per heavy atom. The maximum absolute atomic E-state index is 15.2. The van der Waals surface area contributed by atoms with Gasteiger partial charge in [-0.05, 0) is 24.1 Å². The Morgan fingerprint density at radius 2 is 1.68 bits per heavy atom. The van der Waals surface area contributed by atoms with Gasteiger partial charge in [-0.1, -0.05) is 24.6 Å². The largest absolute Gasteiger partial charge is 0.496 e. The zero-order chi connectivity index (χ0) is 35.8. The number of allylic oxidation sites excluding steroid dienone is 1. The van der Waals surface area contributed by atoms with Crippen LogP contribution in [0.1, 0.15) is 46.6 Å². The van der Waals surface area contributed by atoms with E-state index >= 15 is 4.79 Å². The van der Waals surface area contributed by atoms with Crippen LogP contribution in [-0.4, -0.2) is 57.2 Å². The average Bonchev–Trinajstić information content (AvgIpc) is 3.68. The molecule has 50 heavy (non-hydrogen) atoms. The fraction of sp³-hybridized carbons (Fsp3) is 0.343. The molecule has 2 aliphatic heterocycles. The Balaban J connectivity index is 1.41. The Hall–Kier alpha value is -5.50. The number of aromatic nitrogens is 4. The second-order valence-electron chi connectivity index (χ2n) is 12.5. The van der Waals surface area contributed by atoms with Crippen molar-refractivity contribution in [2.45, 2.75) is 31.5 Å². The molecule has 0 saturated carbocycles. The van der Waals surface area contributed by atoms with Crippen molar-refractivity contribution in [3.05, 3.63) is 96.3 Å². The molecule has 4 heterocycles. The number of ketones is 2. The normalized spacial score (nSPS) is 20.6. The molecule has 1 spiro atoms. The summed E-state index contributed by atoms with van der Waals surface area (Å²) < 4.78 is 33.3. The number of hydrogen-bond donors (Lipinski definition) is 1. The SMILES string of the molecule is COc1cc([C@H]2C3=C(C[C@@H](C)[C@]4(Oc5c(Cl)c(OC)cc(OC)c5C4=O)C3=O)Nc3c2c(=O)n(C)c(=O)n3C)ccc1OCc1nccn1C. The van der Waals surface area contributed by atoms with E-state index in [-0.39, 0.29) is 57.8 Å². The maximum atomic E-state index is 15.2. The van der Waals surface area contributed by atoms with Crippen LogP contribution >= 0.6 is 11.6 Å². The molecule has 3 atom stereocenters. The van der Waals surface area contributed by atoms with Crippen molar-refractivity contribution in [1.82, 2.24) is 18.7 Å². The van der Waals surface area contributed by atoms with Gasteiger partial charge in [-0.3, -0.25) is 23.5 Å². The van der Waals surface area contributed by atoms with Gasteiger partial charge < -0.3 is 33.6 Å². The lowest BCUT2D eigenvalue weighted by Crippen LogP contribution is -2.58. The van der Waals surface area contributed by atoms with Gasteiger partial charge in [0, 0.05) is 62.7 Å². The number of ether oxygens (including phenoxy) is 5. The first-order chi connectivity index (χ1) is 23.9. The average molecular weight is 704 g/mol. The summed E-state index contributed by atoms with van der Waals surface area (Å²) in [4.78, 5) is 61.1. The van der Waals surface area contributed by atoms with Crippen molar-refractivity contribution < 1.29 is 33.3 Å². The third-order valence-electron chi connectivity index (χ3n) is 9.87. The summed E-state index contributed by atoms with van der Waals surface area (Å²) in [7, 11) is 9.05. The second-order valence-corrected chi connectivity index (χ2v) is 12.8. The van der Waals surface area contributed by atoms with E-state index in [1.807, 2.05) is 11.6 Å². The molecular weight excluding hydrogens is 670 g/mol. The van der Waals surface area contributed by atoms with E-state index in [9.17, 15) is 14.4 Å². The van der Waals surface area contributed by atoms with Crippen LogP contribution in [0.2, 0.25) is 5.02 Å². The third kappa shape index (κ3) is 4.50. The topological polar surface area (TPSA) is 154 Å². The van der Waals surface area contributed by atoms with Gasteiger partial charge >= 0.3 is 5.69 Å². The standard InChI is InChI=1S/C35H34ClN5O9/c1-16-12-18-25(30(42)35(16)31(43)26-21(47-6)14-22(48-7)28(36)29(26)50-35)24(27-32(38-18)40(3)34(45)41(4)33(27)44)17-8-9-19(20(13-17)46-5)49-15-23-37-10-11-39(23)2/h8-11,13-14,16,24,38H,12,15H2,1-7H3/t16-,24+,35+/m1/s1. The van der Waals surface area contributed by atoms with E-state index in [0.717, 1.165) is 4.57 Å². The fourth-order valence-electron chi connectivity index (χ4n) is 7.18. The molecule has 2 aromatic heterocycles. The minimum atomic E-state index is -2.04. The maximum Gasteiger partial charge on any atom is 0.332 e. The molecule has 0 saturated heterocycles. The summed E-state index contributed by atoms with van der Waals surface area (Å²) in [5.41, 5.74) is -1.97. The van der Waals surface area contributed by atoms with Crippen molar-refractivity contribution in [3.8, 4) is 28.7 Å². The number of Topliss-reactive ketones (excluding diaryl/α,β-unsaturated/α-hetero) is 2. The van der Waals surface area contributed by atoms with Crippen molar-refractivity contribution in [2.24, 2.45) is 27.1 Å². The van der Waals surface area contributed by atoms with Crippen LogP contribution in [0.15, 0.2) is 57.5 Å². The van der Waals surface area contributed by atoms with Crippen LogP contribution in [0.5, 0.6) is 28.7 Å². The van der Waals surface area contributed by atoms with Crippen LogP contribution in [-0.2, 0) is 32.5 Å². The molecule has 4 aromatic rings. The monoisotopic (exact) mass is 703 g/mol.